The largest absolute Gasteiger partial charge is 0.314 e. The summed E-state index contributed by atoms with van der Waals surface area (Å²) in [7, 11) is 0. The molecule has 1 fully saturated rings. The SMILES string of the molecule is CCC(CC)NCC1CCCN(CC)C1. The summed E-state index contributed by atoms with van der Waals surface area (Å²) in [6, 6.07) is 0.738. The van der Waals surface area contributed by atoms with Crippen LogP contribution >= 0.6 is 0 Å². The summed E-state index contributed by atoms with van der Waals surface area (Å²) in [4.78, 5) is 2.59. The van der Waals surface area contributed by atoms with Crippen molar-refractivity contribution in [1.29, 1.82) is 0 Å². The quantitative estimate of drug-likeness (QED) is 0.728. The zero-order valence-electron chi connectivity index (χ0n) is 10.8. The second-order valence-corrected chi connectivity index (χ2v) is 4.82. The number of piperidine rings is 1. The van der Waals surface area contributed by atoms with Crippen molar-refractivity contribution in [2.75, 3.05) is 26.2 Å². The normalized spacial score (nSPS) is 23.6. The van der Waals surface area contributed by atoms with Crippen molar-refractivity contribution in [3.05, 3.63) is 0 Å². The van der Waals surface area contributed by atoms with Crippen LogP contribution in [0.25, 0.3) is 0 Å². The van der Waals surface area contributed by atoms with Crippen LogP contribution in [0.3, 0.4) is 0 Å². The Kier molecular flexibility index (Phi) is 6.26. The molecule has 1 N–H and O–H groups in total. The molecule has 1 unspecified atom stereocenters. The highest BCUT2D eigenvalue weighted by Crippen LogP contribution is 2.15. The highest BCUT2D eigenvalue weighted by molar-refractivity contribution is 4.75. The van der Waals surface area contributed by atoms with E-state index in [-0.39, 0.29) is 0 Å². The van der Waals surface area contributed by atoms with E-state index >= 15 is 0 Å². The molecule has 0 radical (unpaired) electrons. The third-order valence-electron chi connectivity index (χ3n) is 3.73. The molecule has 0 aromatic rings. The lowest BCUT2D eigenvalue weighted by molar-refractivity contribution is 0.177. The Labute approximate surface area is 95.4 Å². The highest BCUT2D eigenvalue weighted by atomic mass is 15.1. The second-order valence-electron chi connectivity index (χ2n) is 4.82. The van der Waals surface area contributed by atoms with Crippen LogP contribution in [0.1, 0.15) is 46.5 Å². The molecule has 1 aliphatic heterocycles. The van der Waals surface area contributed by atoms with Gasteiger partial charge in [0, 0.05) is 12.6 Å². The van der Waals surface area contributed by atoms with Gasteiger partial charge in [-0.15, -0.1) is 0 Å². The van der Waals surface area contributed by atoms with Gasteiger partial charge in [0.25, 0.3) is 0 Å². The molecule has 15 heavy (non-hydrogen) atoms. The Balaban J connectivity index is 2.20. The maximum Gasteiger partial charge on any atom is 0.00619 e. The zero-order chi connectivity index (χ0) is 11.1. The van der Waals surface area contributed by atoms with Crippen LogP contribution in [0.2, 0.25) is 0 Å². The summed E-state index contributed by atoms with van der Waals surface area (Å²) < 4.78 is 0. The molecule has 1 rings (SSSR count). The van der Waals surface area contributed by atoms with E-state index in [0.29, 0.717) is 0 Å². The molecule has 1 heterocycles. The van der Waals surface area contributed by atoms with Crippen LogP contribution in [0.5, 0.6) is 0 Å². The van der Waals surface area contributed by atoms with E-state index < -0.39 is 0 Å². The summed E-state index contributed by atoms with van der Waals surface area (Å²) in [6.45, 7) is 11.9. The van der Waals surface area contributed by atoms with Crippen molar-refractivity contribution in [3.8, 4) is 0 Å². The van der Waals surface area contributed by atoms with Gasteiger partial charge in [-0.05, 0) is 51.2 Å². The molecule has 0 saturated carbocycles. The Morgan fingerprint density at radius 3 is 2.60 bits per heavy atom. The van der Waals surface area contributed by atoms with Crippen molar-refractivity contribution >= 4 is 0 Å². The predicted molar refractivity (Wildman–Crippen MR) is 67.2 cm³/mol. The van der Waals surface area contributed by atoms with Gasteiger partial charge < -0.3 is 10.2 Å². The Hall–Kier alpha value is -0.0800. The highest BCUT2D eigenvalue weighted by Gasteiger charge is 2.18. The fraction of sp³-hybridized carbons (Fsp3) is 1.00. The molecule has 2 nitrogen and oxygen atoms in total. The summed E-state index contributed by atoms with van der Waals surface area (Å²) in [5.41, 5.74) is 0. The third kappa shape index (κ3) is 4.52. The van der Waals surface area contributed by atoms with Gasteiger partial charge in [0.1, 0.15) is 0 Å². The molecule has 0 spiro atoms. The average Bonchev–Trinajstić information content (AvgIpc) is 2.31. The minimum atomic E-state index is 0.738. The lowest BCUT2D eigenvalue weighted by atomic mass is 9.97. The Bertz CT molecular complexity index is 155. The summed E-state index contributed by atoms with van der Waals surface area (Å²) in [6.07, 6.45) is 5.34. The van der Waals surface area contributed by atoms with E-state index in [4.69, 9.17) is 0 Å². The van der Waals surface area contributed by atoms with Crippen molar-refractivity contribution in [2.24, 2.45) is 5.92 Å². The van der Waals surface area contributed by atoms with Gasteiger partial charge in [-0.1, -0.05) is 20.8 Å². The fourth-order valence-corrected chi connectivity index (χ4v) is 2.52. The van der Waals surface area contributed by atoms with Gasteiger partial charge in [0.2, 0.25) is 0 Å². The van der Waals surface area contributed by atoms with Crippen LogP contribution in [0.15, 0.2) is 0 Å². The molecule has 0 aromatic heterocycles. The average molecular weight is 212 g/mol. The summed E-state index contributed by atoms with van der Waals surface area (Å²) >= 11 is 0. The first-order chi connectivity index (χ1) is 7.30. The maximum absolute atomic E-state index is 3.71. The number of hydrogen-bond acceptors (Lipinski definition) is 2. The standard InChI is InChI=1S/C13H28N2/c1-4-13(5-2)14-10-12-8-7-9-15(6-3)11-12/h12-14H,4-11H2,1-3H3. The van der Waals surface area contributed by atoms with Crippen LogP contribution in [0.4, 0.5) is 0 Å². The molecular formula is C13H28N2. The van der Waals surface area contributed by atoms with Crippen molar-refractivity contribution < 1.29 is 0 Å². The number of rotatable bonds is 6. The molecule has 90 valence electrons. The van der Waals surface area contributed by atoms with Crippen LogP contribution in [-0.4, -0.2) is 37.1 Å². The Morgan fingerprint density at radius 1 is 1.27 bits per heavy atom. The fourth-order valence-electron chi connectivity index (χ4n) is 2.52. The van der Waals surface area contributed by atoms with Gasteiger partial charge >= 0.3 is 0 Å². The molecule has 0 amide bonds. The van der Waals surface area contributed by atoms with Gasteiger partial charge in [-0.3, -0.25) is 0 Å². The first kappa shape index (κ1) is 13.0. The van der Waals surface area contributed by atoms with Crippen molar-refractivity contribution in [1.82, 2.24) is 10.2 Å². The second kappa shape index (κ2) is 7.24. The monoisotopic (exact) mass is 212 g/mol. The molecule has 1 saturated heterocycles. The van der Waals surface area contributed by atoms with Crippen molar-refractivity contribution in [2.45, 2.75) is 52.5 Å². The van der Waals surface area contributed by atoms with Gasteiger partial charge in [-0.25, -0.2) is 0 Å². The summed E-state index contributed by atoms with van der Waals surface area (Å²) in [5.74, 6) is 0.888. The van der Waals surface area contributed by atoms with Crippen LogP contribution < -0.4 is 5.32 Å². The van der Waals surface area contributed by atoms with E-state index in [1.165, 1.54) is 51.9 Å². The molecular weight excluding hydrogens is 184 g/mol. The van der Waals surface area contributed by atoms with Gasteiger partial charge in [-0.2, -0.15) is 0 Å². The first-order valence-corrected chi connectivity index (χ1v) is 6.75. The van der Waals surface area contributed by atoms with Crippen molar-refractivity contribution in [3.63, 3.8) is 0 Å². The maximum atomic E-state index is 3.71. The number of nitrogens with one attached hydrogen (secondary N) is 1. The van der Waals surface area contributed by atoms with E-state index in [1.807, 2.05) is 0 Å². The van der Waals surface area contributed by atoms with Crippen LogP contribution in [-0.2, 0) is 0 Å². The number of hydrogen-bond donors (Lipinski definition) is 1. The zero-order valence-corrected chi connectivity index (χ0v) is 10.8. The molecule has 1 aliphatic rings. The molecule has 1 atom stereocenters. The van der Waals surface area contributed by atoms with Crippen LogP contribution in [0, 0.1) is 5.92 Å². The number of likely N-dealkylation sites (tertiary alicyclic amines) is 1. The smallest absolute Gasteiger partial charge is 0.00619 e. The van der Waals surface area contributed by atoms with Gasteiger partial charge in [0.15, 0.2) is 0 Å². The van der Waals surface area contributed by atoms with E-state index in [9.17, 15) is 0 Å². The minimum absolute atomic E-state index is 0.738. The molecule has 0 bridgehead atoms. The lowest BCUT2D eigenvalue weighted by Crippen LogP contribution is -2.41. The predicted octanol–water partition coefficient (Wildman–Crippen LogP) is 2.50. The minimum Gasteiger partial charge on any atom is -0.314 e. The number of nitrogens with zero attached hydrogens (tertiary/aromatic N) is 1. The van der Waals surface area contributed by atoms with E-state index in [0.717, 1.165) is 12.0 Å². The molecule has 0 aliphatic carbocycles. The van der Waals surface area contributed by atoms with E-state index in [1.54, 1.807) is 0 Å². The molecule has 0 aromatic carbocycles. The van der Waals surface area contributed by atoms with Gasteiger partial charge in [0.05, 0.1) is 0 Å². The first-order valence-electron chi connectivity index (χ1n) is 6.75. The summed E-state index contributed by atoms with van der Waals surface area (Å²) in [5, 5.41) is 3.71. The van der Waals surface area contributed by atoms with E-state index in [2.05, 4.69) is 31.0 Å². The molecule has 2 heteroatoms. The lowest BCUT2D eigenvalue weighted by Gasteiger charge is -2.32. The topological polar surface area (TPSA) is 15.3 Å². The third-order valence-corrected chi connectivity index (χ3v) is 3.73. The Morgan fingerprint density at radius 2 is 2.00 bits per heavy atom.